The van der Waals surface area contributed by atoms with Crippen molar-refractivity contribution in [1.82, 2.24) is 19.7 Å². The standard InChI is InChI=1S/C25H28ClN5O2S/c1-4-30-23(21-9-6-12-31(21)24(33)18-8-5-7-16(2)13-18)28-29-25(30)34-15-22(32)27-19-11-10-17(3)20(26)14-19/h5,7-8,10-11,13-14,21H,4,6,9,12,15H2,1-3H3,(H,27,32). The van der Waals surface area contributed by atoms with Crippen LogP contribution in [0, 0.1) is 13.8 Å². The van der Waals surface area contributed by atoms with Crippen molar-refractivity contribution in [1.29, 1.82) is 0 Å². The van der Waals surface area contributed by atoms with Crippen molar-refractivity contribution in [2.24, 2.45) is 0 Å². The van der Waals surface area contributed by atoms with Gasteiger partial charge in [0.05, 0.1) is 11.8 Å². The van der Waals surface area contributed by atoms with Crippen molar-refractivity contribution in [3.05, 3.63) is 70.0 Å². The molecule has 0 aliphatic carbocycles. The van der Waals surface area contributed by atoms with Gasteiger partial charge in [0.15, 0.2) is 11.0 Å². The first kappa shape index (κ1) is 24.3. The van der Waals surface area contributed by atoms with Crippen LogP contribution in [-0.2, 0) is 11.3 Å². The molecule has 0 spiro atoms. The van der Waals surface area contributed by atoms with E-state index in [1.807, 2.05) is 66.6 Å². The van der Waals surface area contributed by atoms with Gasteiger partial charge in [0, 0.05) is 29.4 Å². The Bertz CT molecular complexity index is 1210. The van der Waals surface area contributed by atoms with Crippen LogP contribution in [0.2, 0.25) is 5.02 Å². The van der Waals surface area contributed by atoms with E-state index in [1.165, 1.54) is 11.8 Å². The van der Waals surface area contributed by atoms with Crippen LogP contribution in [0.15, 0.2) is 47.6 Å². The molecule has 1 aliphatic rings. The third kappa shape index (κ3) is 5.28. The molecule has 178 valence electrons. The molecule has 7 nitrogen and oxygen atoms in total. The summed E-state index contributed by atoms with van der Waals surface area (Å²) in [6, 6.07) is 13.0. The molecule has 2 amide bonds. The first-order valence-corrected chi connectivity index (χ1v) is 12.7. The van der Waals surface area contributed by atoms with Gasteiger partial charge in [0.1, 0.15) is 0 Å². The first-order valence-electron chi connectivity index (χ1n) is 11.4. The maximum atomic E-state index is 13.2. The summed E-state index contributed by atoms with van der Waals surface area (Å²) in [6.07, 6.45) is 1.76. The minimum atomic E-state index is -0.144. The van der Waals surface area contributed by atoms with Crippen LogP contribution in [0.25, 0.3) is 0 Å². The SMILES string of the molecule is CCn1c(SCC(=O)Nc2ccc(C)c(Cl)c2)nnc1C1CCCN1C(=O)c1cccc(C)c1. The van der Waals surface area contributed by atoms with Crippen molar-refractivity contribution < 1.29 is 9.59 Å². The molecule has 1 aromatic heterocycles. The molecule has 1 atom stereocenters. The maximum Gasteiger partial charge on any atom is 0.254 e. The zero-order valence-corrected chi connectivity index (χ0v) is 21.1. The van der Waals surface area contributed by atoms with Crippen LogP contribution in [0.1, 0.15) is 53.1 Å². The molecule has 2 aromatic carbocycles. The van der Waals surface area contributed by atoms with E-state index in [2.05, 4.69) is 15.5 Å². The molecule has 1 aliphatic heterocycles. The molecule has 3 aromatic rings. The number of likely N-dealkylation sites (tertiary alicyclic amines) is 1. The highest BCUT2D eigenvalue weighted by Crippen LogP contribution is 2.34. The summed E-state index contributed by atoms with van der Waals surface area (Å²) in [5.41, 5.74) is 3.37. The van der Waals surface area contributed by atoms with Crippen molar-refractivity contribution in [2.45, 2.75) is 51.4 Å². The number of nitrogens with zero attached hydrogens (tertiary/aromatic N) is 4. The summed E-state index contributed by atoms with van der Waals surface area (Å²) in [5.74, 6) is 0.839. The highest BCUT2D eigenvalue weighted by molar-refractivity contribution is 7.99. The second-order valence-electron chi connectivity index (χ2n) is 8.41. The minimum Gasteiger partial charge on any atom is -0.328 e. The van der Waals surface area contributed by atoms with Gasteiger partial charge in [-0.25, -0.2) is 0 Å². The molecule has 0 bridgehead atoms. The summed E-state index contributed by atoms with van der Waals surface area (Å²) >= 11 is 7.48. The van der Waals surface area contributed by atoms with Gasteiger partial charge in [-0.3, -0.25) is 9.59 Å². The number of anilines is 1. The van der Waals surface area contributed by atoms with Crippen molar-refractivity contribution in [3.63, 3.8) is 0 Å². The number of aromatic nitrogens is 3. The van der Waals surface area contributed by atoms with Crippen LogP contribution in [0.3, 0.4) is 0 Å². The lowest BCUT2D eigenvalue weighted by Gasteiger charge is -2.24. The Kier molecular flexibility index (Phi) is 7.58. The highest BCUT2D eigenvalue weighted by Gasteiger charge is 2.34. The average molecular weight is 498 g/mol. The smallest absolute Gasteiger partial charge is 0.254 e. The van der Waals surface area contributed by atoms with E-state index in [4.69, 9.17) is 11.6 Å². The zero-order valence-electron chi connectivity index (χ0n) is 19.5. The number of halogens is 1. The number of carbonyl (C=O) groups excluding carboxylic acids is 2. The maximum absolute atomic E-state index is 13.2. The predicted molar refractivity (Wildman–Crippen MR) is 135 cm³/mol. The molecular formula is C25H28ClN5O2S. The zero-order chi connectivity index (χ0) is 24.2. The fourth-order valence-electron chi connectivity index (χ4n) is 4.17. The number of aryl methyl sites for hydroxylation is 2. The first-order chi connectivity index (χ1) is 16.4. The molecule has 0 radical (unpaired) electrons. The summed E-state index contributed by atoms with van der Waals surface area (Å²) in [6.45, 7) is 7.27. The van der Waals surface area contributed by atoms with E-state index in [0.717, 1.165) is 29.8 Å². The van der Waals surface area contributed by atoms with Gasteiger partial charge in [-0.2, -0.15) is 0 Å². The number of nitrogens with one attached hydrogen (secondary N) is 1. The quantitative estimate of drug-likeness (QED) is 0.449. The fourth-order valence-corrected chi connectivity index (χ4v) is 5.16. The van der Waals surface area contributed by atoms with E-state index < -0.39 is 0 Å². The molecule has 34 heavy (non-hydrogen) atoms. The lowest BCUT2D eigenvalue weighted by atomic mass is 10.1. The molecule has 2 heterocycles. The number of hydrogen-bond acceptors (Lipinski definition) is 5. The molecule has 1 fully saturated rings. The second kappa shape index (κ2) is 10.6. The van der Waals surface area contributed by atoms with Crippen LogP contribution in [0.5, 0.6) is 0 Å². The van der Waals surface area contributed by atoms with Crippen LogP contribution >= 0.6 is 23.4 Å². The van der Waals surface area contributed by atoms with E-state index in [9.17, 15) is 9.59 Å². The number of amides is 2. The Labute approximate surface area is 208 Å². The second-order valence-corrected chi connectivity index (χ2v) is 9.76. The topological polar surface area (TPSA) is 80.1 Å². The molecule has 1 saturated heterocycles. The van der Waals surface area contributed by atoms with Gasteiger partial charge in [0.25, 0.3) is 5.91 Å². The Balaban J connectivity index is 1.45. The van der Waals surface area contributed by atoms with Crippen molar-refractivity contribution in [3.8, 4) is 0 Å². The van der Waals surface area contributed by atoms with Crippen molar-refractivity contribution in [2.75, 3.05) is 17.6 Å². The summed E-state index contributed by atoms with van der Waals surface area (Å²) in [7, 11) is 0. The Morgan fingerprint density at radius 2 is 2.00 bits per heavy atom. The molecule has 1 N–H and O–H groups in total. The summed E-state index contributed by atoms with van der Waals surface area (Å²) < 4.78 is 2.01. The van der Waals surface area contributed by atoms with E-state index in [1.54, 1.807) is 6.07 Å². The van der Waals surface area contributed by atoms with Gasteiger partial charge < -0.3 is 14.8 Å². The average Bonchev–Trinajstić information content (AvgIpc) is 3.46. The summed E-state index contributed by atoms with van der Waals surface area (Å²) in [5, 5.41) is 13.0. The van der Waals surface area contributed by atoms with Gasteiger partial charge >= 0.3 is 0 Å². The molecule has 4 rings (SSSR count). The van der Waals surface area contributed by atoms with Crippen LogP contribution in [-0.4, -0.2) is 43.8 Å². The Morgan fingerprint density at radius 1 is 1.18 bits per heavy atom. The normalized spacial score (nSPS) is 15.5. The third-order valence-corrected chi connectivity index (χ3v) is 7.30. The van der Waals surface area contributed by atoms with Crippen molar-refractivity contribution >= 4 is 40.9 Å². The van der Waals surface area contributed by atoms with Gasteiger partial charge in [-0.1, -0.05) is 47.1 Å². The Morgan fingerprint density at radius 3 is 2.74 bits per heavy atom. The molecule has 1 unspecified atom stereocenters. The molecule has 0 saturated carbocycles. The molecular weight excluding hydrogens is 470 g/mol. The van der Waals surface area contributed by atoms with E-state index >= 15 is 0 Å². The Hall–Kier alpha value is -2.84. The minimum absolute atomic E-state index is 0.0159. The van der Waals surface area contributed by atoms with Gasteiger partial charge in [-0.15, -0.1) is 10.2 Å². The monoisotopic (exact) mass is 497 g/mol. The van der Waals surface area contributed by atoms with Gasteiger partial charge in [-0.05, 0) is 63.4 Å². The molecule has 9 heteroatoms. The van der Waals surface area contributed by atoms with E-state index in [0.29, 0.717) is 34.5 Å². The van der Waals surface area contributed by atoms with Gasteiger partial charge in [0.2, 0.25) is 5.91 Å². The number of rotatable bonds is 7. The third-order valence-electron chi connectivity index (χ3n) is 5.93. The number of carbonyl (C=O) groups is 2. The van der Waals surface area contributed by atoms with Crippen LogP contribution < -0.4 is 5.32 Å². The highest BCUT2D eigenvalue weighted by atomic mass is 35.5. The predicted octanol–water partition coefficient (Wildman–Crippen LogP) is 5.28. The van der Waals surface area contributed by atoms with Crippen LogP contribution in [0.4, 0.5) is 5.69 Å². The number of hydrogen-bond donors (Lipinski definition) is 1. The number of benzene rings is 2. The largest absolute Gasteiger partial charge is 0.328 e. The lowest BCUT2D eigenvalue weighted by molar-refractivity contribution is -0.113. The number of thioether (sulfide) groups is 1. The van der Waals surface area contributed by atoms with E-state index in [-0.39, 0.29) is 23.6 Å². The summed E-state index contributed by atoms with van der Waals surface area (Å²) in [4.78, 5) is 27.6. The lowest BCUT2D eigenvalue weighted by Crippen LogP contribution is -2.32. The fraction of sp³-hybridized carbons (Fsp3) is 0.360.